The zero-order chi connectivity index (χ0) is 12.8. The Kier molecular flexibility index (Phi) is 5.45. The highest BCUT2D eigenvalue weighted by Gasteiger charge is 2.23. The quantitative estimate of drug-likeness (QED) is 0.757. The average Bonchev–Trinajstić information content (AvgIpc) is 2.90. The van der Waals surface area contributed by atoms with Crippen molar-refractivity contribution < 1.29 is 9.53 Å². The highest BCUT2D eigenvalue weighted by atomic mass is 16.5. The Bertz CT molecular complexity index is 265. The normalized spacial score (nSPS) is 29.4. The van der Waals surface area contributed by atoms with E-state index in [-0.39, 0.29) is 12.0 Å². The van der Waals surface area contributed by atoms with Crippen molar-refractivity contribution >= 4 is 5.91 Å². The lowest BCUT2D eigenvalue weighted by Gasteiger charge is -2.33. The fourth-order valence-corrected chi connectivity index (χ4v) is 2.88. The number of nitrogens with one attached hydrogen (secondary N) is 1. The minimum atomic E-state index is -0.182. The van der Waals surface area contributed by atoms with Crippen molar-refractivity contribution in [1.82, 2.24) is 10.2 Å². The molecule has 2 atom stereocenters. The number of amides is 1. The van der Waals surface area contributed by atoms with Crippen molar-refractivity contribution in [3.63, 3.8) is 0 Å². The number of hydrogen-bond donors (Lipinski definition) is 1. The Morgan fingerprint density at radius 3 is 2.94 bits per heavy atom. The first-order valence-corrected chi connectivity index (χ1v) is 7.41. The monoisotopic (exact) mass is 254 g/mol. The molecule has 0 spiro atoms. The summed E-state index contributed by atoms with van der Waals surface area (Å²) in [7, 11) is 0. The Labute approximate surface area is 110 Å². The van der Waals surface area contributed by atoms with E-state index in [1.165, 1.54) is 25.8 Å². The Hall–Kier alpha value is -0.610. The first kappa shape index (κ1) is 13.8. The summed E-state index contributed by atoms with van der Waals surface area (Å²) < 4.78 is 5.36. The Morgan fingerprint density at radius 1 is 1.33 bits per heavy atom. The molecule has 2 rings (SSSR count). The van der Waals surface area contributed by atoms with Gasteiger partial charge in [-0.25, -0.2) is 0 Å². The van der Waals surface area contributed by atoms with Crippen LogP contribution in [0.2, 0.25) is 0 Å². The predicted molar refractivity (Wildman–Crippen MR) is 71.5 cm³/mol. The van der Waals surface area contributed by atoms with Crippen molar-refractivity contribution in [1.29, 1.82) is 0 Å². The SMILES string of the molecule is CC1CCCCN1CCCNC(=O)C1CCCO1. The van der Waals surface area contributed by atoms with E-state index >= 15 is 0 Å². The molecule has 1 amide bonds. The van der Waals surface area contributed by atoms with Gasteiger partial charge in [0.05, 0.1) is 0 Å². The van der Waals surface area contributed by atoms with E-state index in [0.29, 0.717) is 6.04 Å². The molecule has 104 valence electrons. The maximum Gasteiger partial charge on any atom is 0.249 e. The lowest BCUT2D eigenvalue weighted by Crippen LogP contribution is -2.40. The maximum absolute atomic E-state index is 11.7. The summed E-state index contributed by atoms with van der Waals surface area (Å²) in [6.07, 6.45) is 6.78. The van der Waals surface area contributed by atoms with Crippen LogP contribution in [0.4, 0.5) is 0 Å². The number of likely N-dealkylation sites (tertiary alicyclic amines) is 1. The number of nitrogens with zero attached hydrogens (tertiary/aromatic N) is 1. The van der Waals surface area contributed by atoms with Crippen LogP contribution in [-0.4, -0.2) is 49.2 Å². The van der Waals surface area contributed by atoms with E-state index in [9.17, 15) is 4.79 Å². The topological polar surface area (TPSA) is 41.6 Å². The van der Waals surface area contributed by atoms with E-state index < -0.39 is 0 Å². The summed E-state index contributed by atoms with van der Waals surface area (Å²) in [5.41, 5.74) is 0. The minimum absolute atomic E-state index is 0.0826. The van der Waals surface area contributed by atoms with Crippen molar-refractivity contribution in [2.24, 2.45) is 0 Å². The number of piperidine rings is 1. The Morgan fingerprint density at radius 2 is 2.22 bits per heavy atom. The van der Waals surface area contributed by atoms with Gasteiger partial charge in [0.2, 0.25) is 5.91 Å². The molecular weight excluding hydrogens is 228 g/mol. The fraction of sp³-hybridized carbons (Fsp3) is 0.929. The molecule has 2 fully saturated rings. The zero-order valence-corrected chi connectivity index (χ0v) is 11.5. The second-order valence-electron chi connectivity index (χ2n) is 5.53. The van der Waals surface area contributed by atoms with Crippen LogP contribution in [0.3, 0.4) is 0 Å². The molecule has 4 heteroatoms. The predicted octanol–water partition coefficient (Wildman–Crippen LogP) is 1.55. The minimum Gasteiger partial charge on any atom is -0.368 e. The van der Waals surface area contributed by atoms with Gasteiger partial charge in [-0.05, 0) is 45.6 Å². The van der Waals surface area contributed by atoms with Gasteiger partial charge in [0.15, 0.2) is 0 Å². The van der Waals surface area contributed by atoms with Gasteiger partial charge in [0.25, 0.3) is 0 Å². The molecule has 4 nitrogen and oxygen atoms in total. The zero-order valence-electron chi connectivity index (χ0n) is 11.5. The molecule has 0 aromatic carbocycles. The molecule has 0 radical (unpaired) electrons. The maximum atomic E-state index is 11.7. The molecule has 2 aliphatic heterocycles. The van der Waals surface area contributed by atoms with Crippen LogP contribution >= 0.6 is 0 Å². The molecule has 2 unspecified atom stereocenters. The molecule has 0 bridgehead atoms. The summed E-state index contributed by atoms with van der Waals surface area (Å²) in [5, 5.41) is 2.99. The fourth-order valence-electron chi connectivity index (χ4n) is 2.88. The van der Waals surface area contributed by atoms with Gasteiger partial charge in [0.1, 0.15) is 6.10 Å². The average molecular weight is 254 g/mol. The van der Waals surface area contributed by atoms with Crippen molar-refractivity contribution in [3.05, 3.63) is 0 Å². The second-order valence-corrected chi connectivity index (χ2v) is 5.53. The van der Waals surface area contributed by atoms with Crippen LogP contribution in [0.25, 0.3) is 0 Å². The highest BCUT2D eigenvalue weighted by Crippen LogP contribution is 2.16. The number of ether oxygens (including phenoxy) is 1. The van der Waals surface area contributed by atoms with Crippen LogP contribution in [-0.2, 0) is 9.53 Å². The van der Waals surface area contributed by atoms with E-state index in [1.54, 1.807) is 0 Å². The van der Waals surface area contributed by atoms with Crippen LogP contribution in [0.5, 0.6) is 0 Å². The largest absolute Gasteiger partial charge is 0.368 e. The van der Waals surface area contributed by atoms with E-state index in [0.717, 1.165) is 39.0 Å². The molecule has 0 aliphatic carbocycles. The first-order valence-electron chi connectivity index (χ1n) is 7.41. The number of hydrogen-bond acceptors (Lipinski definition) is 3. The van der Waals surface area contributed by atoms with Crippen LogP contribution in [0.1, 0.15) is 45.4 Å². The van der Waals surface area contributed by atoms with E-state index in [4.69, 9.17) is 4.74 Å². The molecule has 2 aliphatic rings. The summed E-state index contributed by atoms with van der Waals surface area (Å²) >= 11 is 0. The molecule has 18 heavy (non-hydrogen) atoms. The van der Waals surface area contributed by atoms with E-state index in [1.807, 2.05) is 0 Å². The molecule has 0 aromatic rings. The molecule has 2 saturated heterocycles. The molecule has 0 aromatic heterocycles. The summed E-state index contributed by atoms with van der Waals surface area (Å²) in [6, 6.07) is 0.715. The van der Waals surface area contributed by atoms with Crippen LogP contribution < -0.4 is 5.32 Å². The number of rotatable bonds is 5. The van der Waals surface area contributed by atoms with E-state index in [2.05, 4.69) is 17.1 Å². The van der Waals surface area contributed by atoms with Crippen LogP contribution in [0.15, 0.2) is 0 Å². The van der Waals surface area contributed by atoms with Gasteiger partial charge in [-0.1, -0.05) is 6.42 Å². The number of carbonyl (C=O) groups excluding carboxylic acids is 1. The molecule has 2 heterocycles. The van der Waals surface area contributed by atoms with Gasteiger partial charge in [-0.3, -0.25) is 4.79 Å². The van der Waals surface area contributed by atoms with Gasteiger partial charge in [-0.2, -0.15) is 0 Å². The summed E-state index contributed by atoms with van der Waals surface area (Å²) in [5.74, 6) is 0.0826. The molecular formula is C14H26N2O2. The third-order valence-corrected chi connectivity index (χ3v) is 4.08. The number of carbonyl (C=O) groups is 1. The van der Waals surface area contributed by atoms with Crippen LogP contribution in [0, 0.1) is 0 Å². The van der Waals surface area contributed by atoms with Gasteiger partial charge < -0.3 is 15.0 Å². The molecule has 1 N–H and O–H groups in total. The van der Waals surface area contributed by atoms with Gasteiger partial charge in [0, 0.05) is 25.7 Å². The van der Waals surface area contributed by atoms with Gasteiger partial charge >= 0.3 is 0 Å². The van der Waals surface area contributed by atoms with Crippen molar-refractivity contribution in [2.45, 2.75) is 57.6 Å². The van der Waals surface area contributed by atoms with Gasteiger partial charge in [-0.15, -0.1) is 0 Å². The lowest BCUT2D eigenvalue weighted by molar-refractivity contribution is -0.130. The second kappa shape index (κ2) is 7.10. The lowest BCUT2D eigenvalue weighted by atomic mass is 10.0. The summed E-state index contributed by atoms with van der Waals surface area (Å²) in [4.78, 5) is 14.3. The third-order valence-electron chi connectivity index (χ3n) is 4.08. The standard InChI is InChI=1S/C14H26N2O2/c1-12-6-2-3-9-16(12)10-5-8-15-14(17)13-7-4-11-18-13/h12-13H,2-11H2,1H3,(H,15,17). The van der Waals surface area contributed by atoms with Crippen molar-refractivity contribution in [2.75, 3.05) is 26.2 Å². The molecule has 0 saturated carbocycles. The summed E-state index contributed by atoms with van der Waals surface area (Å²) in [6.45, 7) is 6.16. The Balaban J connectivity index is 1.56. The van der Waals surface area contributed by atoms with Crippen molar-refractivity contribution in [3.8, 4) is 0 Å². The third kappa shape index (κ3) is 3.95. The highest BCUT2D eigenvalue weighted by molar-refractivity contribution is 5.80. The first-order chi connectivity index (χ1) is 8.77. The smallest absolute Gasteiger partial charge is 0.249 e.